The number of halogens is 2. The summed E-state index contributed by atoms with van der Waals surface area (Å²) in [6.45, 7) is 16.3. The number of esters is 2. The molecule has 1 aromatic heterocycles. The number of pyridine rings is 1. The Hall–Kier alpha value is -7.05. The van der Waals surface area contributed by atoms with Gasteiger partial charge in [0.1, 0.15) is 35.7 Å². The minimum atomic E-state index is -1.90. The predicted molar refractivity (Wildman–Crippen MR) is 338 cm³/mol. The van der Waals surface area contributed by atoms with Gasteiger partial charge in [-0.25, -0.2) is 19.2 Å². The molecule has 2 aromatic carbocycles. The highest BCUT2D eigenvalue weighted by Crippen LogP contribution is 2.49. The third kappa shape index (κ3) is 18.3. The number of primary amides is 1. The Bertz CT molecular complexity index is 3230. The number of anilines is 1. The molecular weight excluding hydrogens is 1230 g/mol. The summed E-state index contributed by atoms with van der Waals surface area (Å²) < 4.78 is 29.3. The van der Waals surface area contributed by atoms with Crippen molar-refractivity contribution in [2.45, 2.75) is 167 Å². The molecule has 0 radical (unpaired) electrons. The maximum absolute atomic E-state index is 14.7. The number of aryl methyl sites for hydroxylation is 1. The molecule has 24 heteroatoms. The molecule has 4 heterocycles. The summed E-state index contributed by atoms with van der Waals surface area (Å²) in [7, 11) is 4.41. The fraction of sp³-hybridized carbons (Fsp3) is 0.538. The lowest BCUT2D eigenvalue weighted by atomic mass is 9.83. The molecule has 3 aliphatic heterocycles. The summed E-state index contributed by atoms with van der Waals surface area (Å²) in [6, 6.07) is 7.03. The van der Waals surface area contributed by atoms with E-state index in [0.29, 0.717) is 63.8 Å². The van der Waals surface area contributed by atoms with E-state index < -0.39 is 114 Å². The number of urea groups is 1. The van der Waals surface area contributed by atoms with Gasteiger partial charge in [-0.05, 0) is 107 Å². The highest BCUT2D eigenvalue weighted by molar-refractivity contribution is 9.09. The molecule has 3 aliphatic rings. The van der Waals surface area contributed by atoms with Gasteiger partial charge in [0.05, 0.1) is 41.4 Å². The summed E-state index contributed by atoms with van der Waals surface area (Å²) in [5, 5.41) is 20.9. The van der Waals surface area contributed by atoms with E-state index in [1.54, 1.807) is 51.2 Å². The van der Waals surface area contributed by atoms with Crippen molar-refractivity contribution in [1.82, 2.24) is 25.8 Å². The second-order valence-corrected chi connectivity index (χ2v) is 25.0. The predicted octanol–water partition coefficient (Wildman–Crippen LogP) is 8.01. The average molecular weight is 1320 g/mol. The fourth-order valence-electron chi connectivity index (χ4n) is 11.3. The summed E-state index contributed by atoms with van der Waals surface area (Å²) in [4.78, 5) is 129. The van der Waals surface area contributed by atoms with Crippen LogP contribution in [0.1, 0.15) is 126 Å². The van der Waals surface area contributed by atoms with Gasteiger partial charge in [-0.3, -0.25) is 34.3 Å². The maximum Gasteiger partial charge on any atom is 0.409 e. The van der Waals surface area contributed by atoms with Gasteiger partial charge in [0.25, 0.3) is 5.91 Å². The van der Waals surface area contributed by atoms with Crippen molar-refractivity contribution in [2.24, 2.45) is 23.5 Å². The molecule has 6 N–H and O–H groups in total. The van der Waals surface area contributed by atoms with Crippen LogP contribution in [0.25, 0.3) is 10.9 Å². The molecule has 2 saturated heterocycles. The molecule has 89 heavy (non-hydrogen) atoms. The van der Waals surface area contributed by atoms with E-state index in [-0.39, 0.29) is 68.9 Å². The topological polar surface area (TPSA) is 305 Å². The molecular formula is C65H85BrClN7O15. The van der Waals surface area contributed by atoms with Gasteiger partial charge in [0, 0.05) is 93.3 Å². The summed E-state index contributed by atoms with van der Waals surface area (Å²) in [5.41, 5.74) is 6.14. The number of alkyl carbamates (subject to hydrolysis) is 1. The van der Waals surface area contributed by atoms with Crippen molar-refractivity contribution in [1.29, 1.82) is 0 Å². The van der Waals surface area contributed by atoms with Crippen LogP contribution in [0.2, 0.25) is 5.02 Å². The SMILES string of the molecule is C=C(CBr)C(=O)OCCCCCC(=O)C[C@H](C(=O)N[C@@H](CCCNC(N)=O)C(=O)Cc1ccc(C(=O)N(C)[C@@H](C)C(=O)O[C@H]2CC(=O)N(C)c3cc(cc(C)c3Cl)C/C(C)=C/C=C/[C@@H](OC)[C@@]3(O)C[C@H](OC(=O)N3)[C@@H](C)[C@@H]3O[C@@]23C)c2cccnc12)C(C)C. The second-order valence-electron chi connectivity index (χ2n) is 24.0. The molecule has 3 aromatic rings. The number of Topliss-reactive ketones (excluding diaryl/α,β-unsaturated/α-hetero) is 2. The third-order valence-corrected chi connectivity index (χ3v) is 18.1. The van der Waals surface area contributed by atoms with Gasteiger partial charge in [0.15, 0.2) is 11.5 Å². The number of unbranched alkanes of at least 4 members (excludes halogenated alkanes) is 2. The highest BCUT2D eigenvalue weighted by atomic mass is 79.9. The smallest absolute Gasteiger partial charge is 0.409 e. The van der Waals surface area contributed by atoms with Crippen molar-refractivity contribution in [3.63, 3.8) is 0 Å². The van der Waals surface area contributed by atoms with Crippen LogP contribution < -0.4 is 26.6 Å². The van der Waals surface area contributed by atoms with Crippen molar-refractivity contribution in [2.75, 3.05) is 44.6 Å². The molecule has 6 amide bonds. The van der Waals surface area contributed by atoms with Crippen molar-refractivity contribution in [3.8, 4) is 0 Å². The molecule has 6 rings (SSSR count). The summed E-state index contributed by atoms with van der Waals surface area (Å²) in [5.74, 6) is -5.14. The maximum atomic E-state index is 14.7. The first-order valence-electron chi connectivity index (χ1n) is 30.0. The number of allylic oxidation sites excluding steroid dienone is 3. The van der Waals surface area contributed by atoms with E-state index in [9.17, 15) is 48.3 Å². The number of hydrogen-bond donors (Lipinski definition) is 5. The number of nitrogens with zero attached hydrogens (tertiary/aromatic N) is 3. The van der Waals surface area contributed by atoms with Gasteiger partial charge in [-0.15, -0.1) is 0 Å². The lowest BCUT2D eigenvalue weighted by Crippen LogP contribution is -2.63. The van der Waals surface area contributed by atoms with E-state index in [0.717, 1.165) is 16.7 Å². The zero-order valence-electron chi connectivity index (χ0n) is 52.4. The Morgan fingerprint density at radius 3 is 2.48 bits per heavy atom. The number of fused-ring (bicyclic) bond motifs is 6. The van der Waals surface area contributed by atoms with Crippen LogP contribution in [-0.4, -0.2) is 156 Å². The number of alkyl halides is 1. The molecule has 0 aliphatic carbocycles. The number of ketones is 2. The lowest BCUT2D eigenvalue weighted by molar-refractivity contribution is -0.158. The van der Waals surface area contributed by atoms with Gasteiger partial charge in [0.2, 0.25) is 11.8 Å². The molecule has 484 valence electrons. The number of carbonyl (C=O) groups excluding carboxylic acids is 9. The molecule has 22 nitrogen and oxygen atoms in total. The number of likely N-dealkylation sites (N-methyl/N-ethyl adjacent to an activating group) is 1. The lowest BCUT2D eigenvalue weighted by Gasteiger charge is -2.42. The molecule has 4 bridgehead atoms. The molecule has 0 saturated carbocycles. The average Bonchev–Trinajstić information content (AvgIpc) is 1.79. The first kappa shape index (κ1) is 71.0. The molecule has 0 spiro atoms. The number of ether oxygens (including phenoxy) is 5. The van der Waals surface area contributed by atoms with E-state index >= 15 is 0 Å². The summed E-state index contributed by atoms with van der Waals surface area (Å²) in [6.07, 6.45) is 3.78. The van der Waals surface area contributed by atoms with Crippen LogP contribution >= 0.6 is 27.5 Å². The quantitative estimate of drug-likeness (QED) is 0.0134. The van der Waals surface area contributed by atoms with E-state index in [4.69, 9.17) is 41.0 Å². The van der Waals surface area contributed by atoms with E-state index in [1.807, 2.05) is 45.9 Å². The highest BCUT2D eigenvalue weighted by Gasteiger charge is 2.64. The number of aliphatic hydroxyl groups is 1. The number of epoxide rings is 1. The molecule has 2 fully saturated rings. The minimum Gasteiger partial charge on any atom is -0.462 e. The fourth-order valence-corrected chi connectivity index (χ4v) is 11.8. The third-order valence-electron chi connectivity index (χ3n) is 16.9. The number of aromatic nitrogens is 1. The van der Waals surface area contributed by atoms with Gasteiger partial charge < -0.3 is 55.0 Å². The van der Waals surface area contributed by atoms with Gasteiger partial charge in [-0.2, -0.15) is 0 Å². The Labute approximate surface area is 533 Å². The Kier molecular flexibility index (Phi) is 25.2. The second kappa shape index (κ2) is 31.6. The first-order valence-corrected chi connectivity index (χ1v) is 31.5. The van der Waals surface area contributed by atoms with Gasteiger partial charge in [-0.1, -0.05) is 96.9 Å². The number of rotatable bonds is 25. The van der Waals surface area contributed by atoms with Crippen LogP contribution in [0.15, 0.2) is 78.5 Å². The number of hydrogen-bond acceptors (Lipinski definition) is 16. The zero-order valence-corrected chi connectivity index (χ0v) is 54.8. The number of nitrogens with two attached hydrogens (primary N) is 1. The Morgan fingerprint density at radius 1 is 1.07 bits per heavy atom. The Morgan fingerprint density at radius 2 is 1.80 bits per heavy atom. The number of methoxy groups -OCH3 is 1. The van der Waals surface area contributed by atoms with E-state index in [2.05, 4.69) is 43.4 Å². The van der Waals surface area contributed by atoms with Crippen LogP contribution in [0, 0.1) is 24.7 Å². The molecule has 10 atom stereocenters. The molecule has 0 unspecified atom stereocenters. The van der Waals surface area contributed by atoms with Gasteiger partial charge >= 0.3 is 24.1 Å². The monoisotopic (exact) mass is 1320 g/mol. The van der Waals surface area contributed by atoms with Crippen molar-refractivity contribution >= 4 is 97.5 Å². The standard InChI is InChI=1S/C65H85BrClN7O15/c1-36(2)47(32-44(75)19-13-12-14-27-86-60(80)39(5)35-66)58(78)71-48(21-17-26-70-62(68)82)50(76)31-43-23-24-46(45-20-16-25-69-56(43)45)59(79)73(9)41(7)61(81)88-53-33-54(77)74(10)49-30-42(29-38(4)55(49)67)28-37(3)18-15-22-52(85-11)65(84)34-51(87-63(83)72-65)40(6)57-64(53,8)89-57/h15-16,18,20,22-25,29-30,36,40-41,47-48,51-53,57,84H,5,12-14,17,19,21,26-28,31-35H2,1-4,6-11H3,(H,71,78)(H,72,83)(H3,68,70,82)/b22-15+,37-18+/t40-,41+,47+,48+,51+,52-,53+,57+,64+,65+/m1/s1. The van der Waals surface area contributed by atoms with Crippen LogP contribution in [-0.2, 0) is 65.3 Å². The van der Waals surface area contributed by atoms with Crippen LogP contribution in [0.5, 0.6) is 0 Å². The number of nitrogens with one attached hydrogen (secondary N) is 3. The number of amides is 6. The van der Waals surface area contributed by atoms with Crippen molar-refractivity contribution in [3.05, 3.63) is 106 Å². The largest absolute Gasteiger partial charge is 0.462 e. The minimum absolute atomic E-state index is 0.0586. The summed E-state index contributed by atoms with van der Waals surface area (Å²) >= 11 is 10.1. The number of carbonyl (C=O) groups is 9. The van der Waals surface area contributed by atoms with Crippen LogP contribution in [0.4, 0.5) is 15.3 Å². The van der Waals surface area contributed by atoms with Crippen LogP contribution in [0.3, 0.4) is 0 Å². The first-order chi connectivity index (χ1) is 42.0. The number of benzene rings is 2. The van der Waals surface area contributed by atoms with E-state index in [1.165, 1.54) is 43.1 Å². The normalized spacial score (nSPS) is 23.9. The zero-order chi connectivity index (χ0) is 65.7. The Balaban J connectivity index is 1.21. The van der Waals surface area contributed by atoms with Crippen molar-refractivity contribution < 1.29 is 71.9 Å².